The van der Waals surface area contributed by atoms with Crippen LogP contribution in [0.2, 0.25) is 0 Å². The Morgan fingerprint density at radius 2 is 1.66 bits per heavy atom. The minimum absolute atomic E-state index is 0.0593. The van der Waals surface area contributed by atoms with Gasteiger partial charge < -0.3 is 10.2 Å². The highest BCUT2D eigenvalue weighted by atomic mass is 79.9. The lowest BCUT2D eigenvalue weighted by molar-refractivity contribution is -0.139. The minimum atomic E-state index is -3.77. The summed E-state index contributed by atoms with van der Waals surface area (Å²) in [6.07, 6.45) is 1.09. The molecule has 1 atom stereocenters. The summed E-state index contributed by atoms with van der Waals surface area (Å²) < 4.78 is 27.6. The molecular weight excluding hydrogens is 530 g/mol. The van der Waals surface area contributed by atoms with Crippen molar-refractivity contribution in [3.05, 3.63) is 64.1 Å². The predicted octanol–water partition coefficient (Wildman–Crippen LogP) is 4.53. The molecule has 35 heavy (non-hydrogen) atoms. The van der Waals surface area contributed by atoms with Gasteiger partial charge in [-0.25, -0.2) is 8.42 Å². The summed E-state index contributed by atoms with van der Waals surface area (Å²) in [6, 6.07) is 13.9. The molecule has 0 spiro atoms. The largest absolute Gasteiger partial charge is 0.354 e. The fraction of sp³-hybridized carbons (Fsp3) is 0.462. The molecule has 7 nitrogen and oxygen atoms in total. The molecule has 2 amide bonds. The van der Waals surface area contributed by atoms with Crippen LogP contribution >= 0.6 is 15.9 Å². The second-order valence-corrected chi connectivity index (χ2v) is 12.3. The van der Waals surface area contributed by atoms with Gasteiger partial charge in [0, 0.05) is 17.6 Å². The van der Waals surface area contributed by atoms with Crippen LogP contribution in [0.15, 0.2) is 53.0 Å². The first-order valence-corrected chi connectivity index (χ1v) is 14.3. The number of halogens is 1. The summed E-state index contributed by atoms with van der Waals surface area (Å²) in [5.74, 6) is -0.422. The maximum absolute atomic E-state index is 13.7. The summed E-state index contributed by atoms with van der Waals surface area (Å²) in [7, 11) is -3.77. The van der Waals surface area contributed by atoms with Gasteiger partial charge >= 0.3 is 0 Å². The van der Waals surface area contributed by atoms with E-state index in [1.807, 2.05) is 64.1 Å². The van der Waals surface area contributed by atoms with Crippen molar-refractivity contribution in [2.24, 2.45) is 5.92 Å². The van der Waals surface area contributed by atoms with Crippen LogP contribution in [-0.4, -0.2) is 50.5 Å². The van der Waals surface area contributed by atoms with Crippen LogP contribution in [0.25, 0.3) is 0 Å². The van der Waals surface area contributed by atoms with Crippen LogP contribution in [-0.2, 0) is 26.2 Å². The Bertz CT molecular complexity index is 1130. The quantitative estimate of drug-likeness (QED) is 0.433. The van der Waals surface area contributed by atoms with E-state index in [0.29, 0.717) is 12.2 Å². The molecule has 0 aliphatic carbocycles. The molecule has 192 valence electrons. The van der Waals surface area contributed by atoms with E-state index >= 15 is 0 Å². The van der Waals surface area contributed by atoms with Gasteiger partial charge in [0.2, 0.25) is 21.8 Å². The van der Waals surface area contributed by atoms with E-state index in [-0.39, 0.29) is 24.3 Å². The average molecular weight is 567 g/mol. The smallest absolute Gasteiger partial charge is 0.244 e. The number of sulfonamides is 1. The molecular formula is C26H36BrN3O4S. The fourth-order valence-corrected chi connectivity index (χ4v) is 4.98. The molecule has 0 radical (unpaired) electrons. The number of hydrogen-bond donors (Lipinski definition) is 1. The van der Waals surface area contributed by atoms with E-state index in [2.05, 4.69) is 21.2 Å². The van der Waals surface area contributed by atoms with Crippen LogP contribution in [0.5, 0.6) is 0 Å². The summed E-state index contributed by atoms with van der Waals surface area (Å²) in [5.41, 5.74) is 2.12. The second-order valence-electron chi connectivity index (χ2n) is 9.45. The van der Waals surface area contributed by atoms with Crippen molar-refractivity contribution < 1.29 is 18.0 Å². The third-order valence-corrected chi connectivity index (χ3v) is 7.22. The number of carbonyl (C=O) groups excluding carboxylic acids is 2. The lowest BCUT2D eigenvalue weighted by atomic mass is 10.0. The highest BCUT2D eigenvalue weighted by Crippen LogP contribution is 2.29. The van der Waals surface area contributed by atoms with Gasteiger partial charge in [-0.2, -0.15) is 0 Å². The maximum Gasteiger partial charge on any atom is 0.244 e. The van der Waals surface area contributed by atoms with Crippen LogP contribution < -0.4 is 9.62 Å². The molecule has 0 aliphatic heterocycles. The Hall–Kier alpha value is -2.39. The van der Waals surface area contributed by atoms with Gasteiger partial charge in [-0.1, -0.05) is 74.0 Å². The molecule has 0 unspecified atom stereocenters. The molecule has 0 aliphatic rings. The number of benzene rings is 2. The van der Waals surface area contributed by atoms with Crippen LogP contribution in [0.4, 0.5) is 5.69 Å². The summed E-state index contributed by atoms with van der Waals surface area (Å²) in [5, 5.41) is 2.88. The molecule has 0 bridgehead atoms. The van der Waals surface area contributed by atoms with Crippen molar-refractivity contribution in [3.8, 4) is 0 Å². The van der Waals surface area contributed by atoms with E-state index in [4.69, 9.17) is 0 Å². The van der Waals surface area contributed by atoms with E-state index in [1.54, 1.807) is 19.1 Å². The first-order valence-electron chi connectivity index (χ1n) is 11.7. The van der Waals surface area contributed by atoms with Crippen LogP contribution in [0.1, 0.15) is 51.7 Å². The Morgan fingerprint density at radius 1 is 1.00 bits per heavy atom. The average Bonchev–Trinajstić information content (AvgIpc) is 2.78. The molecule has 0 saturated carbocycles. The number of para-hydroxylation sites is 1. The van der Waals surface area contributed by atoms with Crippen LogP contribution in [0, 0.1) is 5.92 Å². The summed E-state index contributed by atoms with van der Waals surface area (Å²) in [4.78, 5) is 28.0. The number of anilines is 1. The highest BCUT2D eigenvalue weighted by molar-refractivity contribution is 9.10. The van der Waals surface area contributed by atoms with E-state index < -0.39 is 28.5 Å². The minimum Gasteiger partial charge on any atom is -0.354 e. The molecule has 9 heteroatoms. The molecule has 0 aromatic heterocycles. The van der Waals surface area contributed by atoms with Crippen LogP contribution in [0.3, 0.4) is 0 Å². The van der Waals surface area contributed by atoms with E-state index in [0.717, 1.165) is 26.2 Å². The fourth-order valence-electron chi connectivity index (χ4n) is 3.66. The predicted molar refractivity (Wildman–Crippen MR) is 145 cm³/mol. The van der Waals surface area contributed by atoms with Gasteiger partial charge in [0.25, 0.3) is 0 Å². The second kappa shape index (κ2) is 12.5. The third-order valence-electron chi connectivity index (χ3n) is 5.60. The first-order chi connectivity index (χ1) is 16.3. The molecule has 2 aromatic rings. The molecule has 1 N–H and O–H groups in total. The Labute approximate surface area is 218 Å². The Morgan fingerprint density at radius 3 is 2.23 bits per heavy atom. The van der Waals surface area contributed by atoms with Gasteiger partial charge in [-0.05, 0) is 48.1 Å². The van der Waals surface area contributed by atoms with E-state index in [1.165, 1.54) is 4.90 Å². The van der Waals surface area contributed by atoms with Crippen molar-refractivity contribution in [2.45, 2.75) is 53.1 Å². The number of nitrogens with one attached hydrogen (secondary N) is 1. The Balaban J connectivity index is 2.43. The number of nitrogens with zero attached hydrogens (tertiary/aromatic N) is 2. The molecule has 0 fully saturated rings. The third kappa shape index (κ3) is 8.35. The molecule has 2 rings (SSSR count). The van der Waals surface area contributed by atoms with Gasteiger partial charge in [-0.15, -0.1) is 0 Å². The standard InChI is InChI=1S/C26H36BrN3O4S/c1-18(2)15-28-26(32)20(5)29(16-21-10-9-11-22(27)14-21)25(31)17-30(35(6,33)34)24-13-8-7-12-23(24)19(3)4/h7-14,18-20H,15-17H2,1-6H3,(H,28,32)/t20-/m1/s1. The van der Waals surface area contributed by atoms with Crippen molar-refractivity contribution in [2.75, 3.05) is 23.7 Å². The zero-order valence-electron chi connectivity index (χ0n) is 21.3. The number of amides is 2. The number of carbonyl (C=O) groups is 2. The zero-order valence-corrected chi connectivity index (χ0v) is 23.7. The van der Waals surface area contributed by atoms with Gasteiger partial charge in [-0.3, -0.25) is 13.9 Å². The molecule has 0 heterocycles. The van der Waals surface area contributed by atoms with Gasteiger partial charge in [0.05, 0.1) is 11.9 Å². The number of rotatable bonds is 11. The zero-order chi connectivity index (χ0) is 26.3. The van der Waals surface area contributed by atoms with Gasteiger partial charge in [0.15, 0.2) is 0 Å². The lowest BCUT2D eigenvalue weighted by Gasteiger charge is -2.32. The SMILES string of the molecule is CC(C)CNC(=O)[C@@H](C)N(Cc1cccc(Br)c1)C(=O)CN(c1ccccc1C(C)C)S(C)(=O)=O. The van der Waals surface area contributed by atoms with Crippen molar-refractivity contribution in [1.29, 1.82) is 0 Å². The van der Waals surface area contributed by atoms with Crippen molar-refractivity contribution >= 4 is 43.5 Å². The van der Waals surface area contributed by atoms with Gasteiger partial charge in [0.1, 0.15) is 12.6 Å². The summed E-state index contributed by atoms with van der Waals surface area (Å²) in [6.45, 7) is 9.84. The maximum atomic E-state index is 13.7. The van der Waals surface area contributed by atoms with Crippen molar-refractivity contribution in [1.82, 2.24) is 10.2 Å². The Kier molecular flexibility index (Phi) is 10.3. The number of hydrogen-bond acceptors (Lipinski definition) is 4. The van der Waals surface area contributed by atoms with Crippen molar-refractivity contribution in [3.63, 3.8) is 0 Å². The highest BCUT2D eigenvalue weighted by Gasteiger charge is 2.31. The topological polar surface area (TPSA) is 86.8 Å². The lowest BCUT2D eigenvalue weighted by Crippen LogP contribution is -2.51. The normalized spacial score (nSPS) is 12.5. The molecule has 0 saturated heterocycles. The monoisotopic (exact) mass is 565 g/mol. The molecule has 2 aromatic carbocycles. The first kappa shape index (κ1) is 28.8. The summed E-state index contributed by atoms with van der Waals surface area (Å²) >= 11 is 3.44. The van der Waals surface area contributed by atoms with E-state index in [9.17, 15) is 18.0 Å².